The molecule has 1 aromatic carbocycles. The Morgan fingerprint density at radius 3 is 2.43 bits per heavy atom. The van der Waals surface area contributed by atoms with Gasteiger partial charge >= 0.3 is 0 Å². The van der Waals surface area contributed by atoms with Gasteiger partial charge in [-0.1, -0.05) is 6.07 Å². The Morgan fingerprint density at radius 1 is 0.964 bits per heavy atom. The van der Waals surface area contributed by atoms with E-state index < -0.39 is 0 Å². The molecule has 0 radical (unpaired) electrons. The Morgan fingerprint density at radius 2 is 1.71 bits per heavy atom. The largest absolute Gasteiger partial charge is 0.339 e. The van der Waals surface area contributed by atoms with E-state index >= 15 is 0 Å². The van der Waals surface area contributed by atoms with Crippen LogP contribution < -0.4 is 5.32 Å². The molecule has 0 unspecified atom stereocenters. The van der Waals surface area contributed by atoms with Crippen molar-refractivity contribution in [1.29, 1.82) is 0 Å². The monoisotopic (exact) mass is 393 g/mol. The number of likely N-dealkylation sites (tertiary alicyclic amines) is 1. The molecule has 1 N–H and O–H groups in total. The molecule has 1 fully saturated rings. The number of rotatable bonds is 4. The number of hydrogen-bond acceptors (Lipinski definition) is 6. The summed E-state index contributed by atoms with van der Waals surface area (Å²) in [4.78, 5) is 35.3. The third kappa shape index (κ3) is 4.07. The first-order chi connectivity index (χ1) is 13.7. The highest BCUT2D eigenvalue weighted by atomic mass is 32.1. The molecule has 0 bridgehead atoms. The average molecular weight is 393 g/mol. The highest BCUT2D eigenvalue weighted by Crippen LogP contribution is 2.20. The minimum absolute atomic E-state index is 0.0239. The summed E-state index contributed by atoms with van der Waals surface area (Å²) < 4.78 is 4.23. The molecule has 2 aromatic heterocycles. The number of aromatic nitrogens is 3. The molecule has 3 heterocycles. The van der Waals surface area contributed by atoms with Crippen molar-refractivity contribution in [3.8, 4) is 11.5 Å². The van der Waals surface area contributed by atoms with Crippen molar-refractivity contribution in [2.75, 3.05) is 18.4 Å². The van der Waals surface area contributed by atoms with Crippen LogP contribution in [0.2, 0.25) is 0 Å². The lowest BCUT2D eigenvalue weighted by Crippen LogP contribution is -2.35. The predicted octanol–water partition coefficient (Wildman–Crippen LogP) is 3.48. The number of carbonyl (C=O) groups is 2. The van der Waals surface area contributed by atoms with Crippen LogP contribution in [-0.2, 0) is 0 Å². The maximum Gasteiger partial charge on any atom is 0.257 e. The van der Waals surface area contributed by atoms with Crippen molar-refractivity contribution in [3.05, 3.63) is 59.8 Å². The molecule has 142 valence electrons. The van der Waals surface area contributed by atoms with Gasteiger partial charge in [0.25, 0.3) is 11.8 Å². The van der Waals surface area contributed by atoms with Crippen LogP contribution in [0.25, 0.3) is 11.5 Å². The number of amides is 2. The van der Waals surface area contributed by atoms with Gasteiger partial charge in [0.15, 0.2) is 5.82 Å². The summed E-state index contributed by atoms with van der Waals surface area (Å²) in [5.74, 6) is 0.208. The van der Waals surface area contributed by atoms with Crippen LogP contribution in [0.1, 0.15) is 40.0 Å². The number of nitrogens with zero attached hydrogens (tertiary/aromatic N) is 4. The lowest BCUT2D eigenvalue weighted by molar-refractivity contribution is 0.0724. The summed E-state index contributed by atoms with van der Waals surface area (Å²) in [5.41, 5.74) is 1.72. The SMILES string of the molecule is O=C(Nc1nc(-c2ccccn2)ns1)c1ccc(C(=O)N2CCCCC2)cc1. The molecule has 1 aliphatic heterocycles. The number of benzene rings is 1. The molecular weight excluding hydrogens is 374 g/mol. The highest BCUT2D eigenvalue weighted by molar-refractivity contribution is 7.10. The summed E-state index contributed by atoms with van der Waals surface area (Å²) >= 11 is 1.10. The molecule has 1 saturated heterocycles. The van der Waals surface area contributed by atoms with Crippen LogP contribution >= 0.6 is 11.5 Å². The minimum Gasteiger partial charge on any atom is -0.339 e. The Labute approximate surface area is 166 Å². The summed E-state index contributed by atoms with van der Waals surface area (Å²) in [6, 6.07) is 12.2. The van der Waals surface area contributed by atoms with E-state index in [-0.39, 0.29) is 11.8 Å². The molecule has 4 rings (SSSR count). The normalized spacial score (nSPS) is 13.9. The van der Waals surface area contributed by atoms with Crippen LogP contribution in [-0.4, -0.2) is 44.1 Å². The van der Waals surface area contributed by atoms with Crippen LogP contribution in [0.4, 0.5) is 5.13 Å². The van der Waals surface area contributed by atoms with E-state index in [1.54, 1.807) is 30.5 Å². The summed E-state index contributed by atoms with van der Waals surface area (Å²) in [6.45, 7) is 1.60. The first-order valence-electron chi connectivity index (χ1n) is 9.16. The van der Waals surface area contributed by atoms with Gasteiger partial charge in [-0.2, -0.15) is 9.36 Å². The van der Waals surface area contributed by atoms with Crippen molar-refractivity contribution >= 4 is 28.5 Å². The third-order valence-corrected chi connectivity index (χ3v) is 5.21. The quantitative estimate of drug-likeness (QED) is 0.733. The molecule has 1 aliphatic rings. The van der Waals surface area contributed by atoms with Gasteiger partial charge < -0.3 is 4.90 Å². The minimum atomic E-state index is -0.291. The predicted molar refractivity (Wildman–Crippen MR) is 107 cm³/mol. The van der Waals surface area contributed by atoms with Gasteiger partial charge in [0, 0.05) is 41.9 Å². The Balaban J connectivity index is 1.41. The zero-order chi connectivity index (χ0) is 19.3. The number of carbonyl (C=O) groups excluding carboxylic acids is 2. The van der Waals surface area contributed by atoms with Gasteiger partial charge in [0.1, 0.15) is 5.69 Å². The summed E-state index contributed by atoms with van der Waals surface area (Å²) in [5, 5.41) is 3.15. The first kappa shape index (κ1) is 18.2. The second-order valence-corrected chi connectivity index (χ2v) is 7.27. The van der Waals surface area contributed by atoms with Crippen LogP contribution in [0.15, 0.2) is 48.7 Å². The number of nitrogens with one attached hydrogen (secondary N) is 1. The number of piperidine rings is 1. The van der Waals surface area contributed by atoms with E-state index in [1.165, 1.54) is 6.42 Å². The van der Waals surface area contributed by atoms with Crippen LogP contribution in [0.3, 0.4) is 0 Å². The molecule has 0 aliphatic carbocycles. The molecule has 0 atom stereocenters. The third-order valence-electron chi connectivity index (χ3n) is 4.58. The molecule has 3 aromatic rings. The van der Waals surface area contributed by atoms with Gasteiger partial charge in [-0.25, -0.2) is 0 Å². The number of anilines is 1. The zero-order valence-electron chi connectivity index (χ0n) is 15.2. The van der Waals surface area contributed by atoms with Crippen molar-refractivity contribution in [2.24, 2.45) is 0 Å². The standard InChI is InChI=1S/C20H19N5O2S/c26-18(23-20-22-17(24-28-20)16-6-2-3-11-21-16)14-7-9-15(10-8-14)19(27)25-12-4-1-5-13-25/h2-3,6-11H,1,4-5,12-13H2,(H,22,23,24,26). The fourth-order valence-corrected chi connectivity index (χ4v) is 3.66. The average Bonchev–Trinajstić information content (AvgIpc) is 3.23. The summed E-state index contributed by atoms with van der Waals surface area (Å²) in [7, 11) is 0. The molecule has 28 heavy (non-hydrogen) atoms. The van der Waals surface area contributed by atoms with Crippen LogP contribution in [0.5, 0.6) is 0 Å². The zero-order valence-corrected chi connectivity index (χ0v) is 16.0. The topological polar surface area (TPSA) is 88.1 Å². The highest BCUT2D eigenvalue weighted by Gasteiger charge is 2.18. The van der Waals surface area contributed by atoms with E-state index in [2.05, 4.69) is 19.7 Å². The van der Waals surface area contributed by atoms with Crippen molar-refractivity contribution < 1.29 is 9.59 Å². The van der Waals surface area contributed by atoms with Gasteiger partial charge in [0.05, 0.1) is 0 Å². The van der Waals surface area contributed by atoms with E-state index in [4.69, 9.17) is 0 Å². The first-order valence-corrected chi connectivity index (χ1v) is 9.94. The molecule has 8 heteroatoms. The van der Waals surface area contributed by atoms with Crippen molar-refractivity contribution in [2.45, 2.75) is 19.3 Å². The smallest absolute Gasteiger partial charge is 0.257 e. The second-order valence-electron chi connectivity index (χ2n) is 6.52. The van der Waals surface area contributed by atoms with Gasteiger partial charge in [-0.05, 0) is 55.7 Å². The number of hydrogen-bond donors (Lipinski definition) is 1. The second kappa shape index (κ2) is 8.26. The number of pyridine rings is 1. The fourth-order valence-electron chi connectivity index (χ4n) is 3.09. The Hall–Kier alpha value is -3.13. The van der Waals surface area contributed by atoms with Crippen molar-refractivity contribution in [1.82, 2.24) is 19.2 Å². The van der Waals surface area contributed by atoms with E-state index in [1.807, 2.05) is 23.1 Å². The Kier molecular flexibility index (Phi) is 5.38. The molecule has 0 spiro atoms. The van der Waals surface area contributed by atoms with Crippen LogP contribution in [0, 0.1) is 0 Å². The molecular formula is C20H19N5O2S. The van der Waals surface area contributed by atoms with Gasteiger partial charge in [-0.3, -0.25) is 19.9 Å². The Bertz CT molecular complexity index is 966. The maximum atomic E-state index is 12.5. The summed E-state index contributed by atoms with van der Waals surface area (Å²) in [6.07, 6.45) is 4.95. The molecule has 0 saturated carbocycles. The van der Waals surface area contributed by atoms with E-state index in [0.29, 0.717) is 27.8 Å². The van der Waals surface area contributed by atoms with E-state index in [0.717, 1.165) is 37.5 Å². The lowest BCUT2D eigenvalue weighted by atomic mass is 10.1. The fraction of sp³-hybridized carbons (Fsp3) is 0.250. The van der Waals surface area contributed by atoms with Crippen molar-refractivity contribution in [3.63, 3.8) is 0 Å². The molecule has 2 amide bonds. The maximum absolute atomic E-state index is 12.5. The lowest BCUT2D eigenvalue weighted by Gasteiger charge is -2.26. The van der Waals surface area contributed by atoms with E-state index in [9.17, 15) is 9.59 Å². The van der Waals surface area contributed by atoms with Gasteiger partial charge in [-0.15, -0.1) is 0 Å². The van der Waals surface area contributed by atoms with Gasteiger partial charge in [0.2, 0.25) is 5.13 Å². The molecule has 7 nitrogen and oxygen atoms in total.